The first kappa shape index (κ1) is 16.0. The van der Waals surface area contributed by atoms with E-state index < -0.39 is 0 Å². The fraction of sp³-hybridized carbons (Fsp3) is 0.917. The van der Waals surface area contributed by atoms with Crippen molar-refractivity contribution < 1.29 is 9.47 Å². The number of hydrogen-bond acceptors (Lipinski definition) is 3. The van der Waals surface area contributed by atoms with E-state index in [0.717, 1.165) is 25.7 Å². The van der Waals surface area contributed by atoms with Crippen LogP contribution in [-0.2, 0) is 9.47 Å². The lowest BCUT2D eigenvalue weighted by Gasteiger charge is -2.37. The maximum Gasteiger partial charge on any atom is 0.194 e. The van der Waals surface area contributed by atoms with Gasteiger partial charge >= 0.3 is 0 Å². The summed E-state index contributed by atoms with van der Waals surface area (Å²) in [5, 5.41) is 3.52. The van der Waals surface area contributed by atoms with E-state index in [0.29, 0.717) is 12.6 Å². The van der Waals surface area contributed by atoms with Crippen LogP contribution in [0.5, 0.6) is 0 Å². The summed E-state index contributed by atoms with van der Waals surface area (Å²) in [6, 6.07) is 0.623. The first-order valence-electron chi connectivity index (χ1n) is 6.42. The molecule has 1 aliphatic carbocycles. The Morgan fingerprint density at radius 1 is 1.50 bits per heavy atom. The van der Waals surface area contributed by atoms with Gasteiger partial charge in [0.1, 0.15) is 0 Å². The molecule has 1 unspecified atom stereocenters. The highest BCUT2D eigenvalue weighted by Gasteiger charge is 2.25. The van der Waals surface area contributed by atoms with Crippen molar-refractivity contribution in [1.82, 2.24) is 10.2 Å². The zero-order valence-electron chi connectivity index (χ0n) is 11.2. The molecule has 0 aromatic carbocycles. The number of methoxy groups -OCH3 is 1. The van der Waals surface area contributed by atoms with Crippen LogP contribution in [0.3, 0.4) is 0 Å². The van der Waals surface area contributed by atoms with Crippen LogP contribution < -0.4 is 5.32 Å². The van der Waals surface area contributed by atoms with Crippen molar-refractivity contribution in [2.75, 3.05) is 40.5 Å². The molecule has 1 aliphatic heterocycles. The summed E-state index contributed by atoms with van der Waals surface area (Å²) in [5.41, 5.74) is 0. The Hall–Kier alpha value is -0.0800. The van der Waals surface area contributed by atoms with Gasteiger partial charge in [-0.3, -0.25) is 4.99 Å². The number of aliphatic imine (C=N–C) groups is 1. The molecule has 2 rings (SSSR count). The second-order valence-electron chi connectivity index (χ2n) is 4.71. The number of nitrogens with zero attached hydrogens (tertiary/aromatic N) is 2. The first-order valence-corrected chi connectivity index (χ1v) is 6.42. The largest absolute Gasteiger partial charge is 0.382 e. The van der Waals surface area contributed by atoms with E-state index >= 15 is 0 Å². The predicted molar refractivity (Wildman–Crippen MR) is 82.7 cm³/mol. The highest BCUT2D eigenvalue weighted by Crippen LogP contribution is 2.18. The number of guanidine groups is 1. The summed E-state index contributed by atoms with van der Waals surface area (Å²) in [4.78, 5) is 6.63. The highest BCUT2D eigenvalue weighted by molar-refractivity contribution is 14.0. The second-order valence-corrected chi connectivity index (χ2v) is 4.71. The number of hydrogen-bond donors (Lipinski definition) is 1. The van der Waals surface area contributed by atoms with Crippen molar-refractivity contribution in [2.24, 2.45) is 4.99 Å². The van der Waals surface area contributed by atoms with Gasteiger partial charge in [0.05, 0.1) is 19.3 Å². The van der Waals surface area contributed by atoms with Crippen LogP contribution >= 0.6 is 24.0 Å². The Kier molecular flexibility index (Phi) is 7.25. The molecular weight excluding hydrogens is 345 g/mol. The van der Waals surface area contributed by atoms with Crippen molar-refractivity contribution in [1.29, 1.82) is 0 Å². The molecule has 0 aromatic heterocycles. The van der Waals surface area contributed by atoms with Gasteiger partial charge in [0.25, 0.3) is 0 Å². The molecule has 1 N–H and O–H groups in total. The summed E-state index contributed by atoms with van der Waals surface area (Å²) in [6.07, 6.45) is 4.04. The molecule has 0 aromatic rings. The average molecular weight is 369 g/mol. The normalized spacial score (nSPS) is 25.3. The Morgan fingerprint density at radius 2 is 2.28 bits per heavy atom. The van der Waals surface area contributed by atoms with Gasteiger partial charge in [-0.25, -0.2) is 0 Å². The van der Waals surface area contributed by atoms with Crippen molar-refractivity contribution in [2.45, 2.75) is 31.4 Å². The topological polar surface area (TPSA) is 46.1 Å². The predicted octanol–water partition coefficient (Wildman–Crippen LogP) is 1.08. The quantitative estimate of drug-likeness (QED) is 0.460. The summed E-state index contributed by atoms with van der Waals surface area (Å²) in [5.74, 6) is 1.01. The minimum absolute atomic E-state index is 0. The monoisotopic (exact) mass is 369 g/mol. The molecule has 1 heterocycles. The van der Waals surface area contributed by atoms with E-state index in [1.54, 1.807) is 7.11 Å². The minimum atomic E-state index is 0. The standard InChI is InChI=1S/C12H23N3O2.HI/c1-13-12(14-10-4-3-5-10)15-6-7-17-11(8-15)9-16-2;/h10-11H,3-9H2,1-2H3,(H,13,14);1H. The first-order chi connectivity index (χ1) is 8.33. The van der Waals surface area contributed by atoms with Gasteiger partial charge in [-0.15, -0.1) is 24.0 Å². The Balaban J connectivity index is 0.00000162. The number of ether oxygens (including phenoxy) is 2. The van der Waals surface area contributed by atoms with Crippen LogP contribution in [0, 0.1) is 0 Å². The van der Waals surface area contributed by atoms with Crippen LogP contribution in [0.2, 0.25) is 0 Å². The number of morpholine rings is 1. The van der Waals surface area contributed by atoms with Gasteiger partial charge in [0.15, 0.2) is 5.96 Å². The molecule has 6 heteroatoms. The maximum atomic E-state index is 5.64. The molecule has 0 spiro atoms. The minimum Gasteiger partial charge on any atom is -0.382 e. The lowest BCUT2D eigenvalue weighted by atomic mass is 9.93. The van der Waals surface area contributed by atoms with Crippen molar-refractivity contribution in [3.8, 4) is 0 Å². The fourth-order valence-electron chi connectivity index (χ4n) is 2.23. The number of nitrogens with one attached hydrogen (secondary N) is 1. The average Bonchev–Trinajstić information content (AvgIpc) is 2.29. The second kappa shape index (κ2) is 8.16. The molecule has 0 amide bonds. The van der Waals surface area contributed by atoms with Gasteiger partial charge in [0.2, 0.25) is 0 Å². The Bertz CT molecular complexity index is 270. The van der Waals surface area contributed by atoms with Crippen molar-refractivity contribution >= 4 is 29.9 Å². The Morgan fingerprint density at radius 3 is 2.83 bits per heavy atom. The number of rotatable bonds is 3. The number of halogens is 1. The highest BCUT2D eigenvalue weighted by atomic mass is 127. The summed E-state index contributed by atoms with van der Waals surface area (Å²) in [7, 11) is 3.56. The van der Waals surface area contributed by atoms with Crippen LogP contribution in [0.4, 0.5) is 0 Å². The van der Waals surface area contributed by atoms with E-state index in [9.17, 15) is 0 Å². The molecule has 1 saturated heterocycles. The Labute approximate surface area is 126 Å². The molecule has 1 atom stereocenters. The van der Waals surface area contributed by atoms with E-state index in [1.165, 1.54) is 19.3 Å². The summed E-state index contributed by atoms with van der Waals surface area (Å²) < 4.78 is 10.8. The third-order valence-corrected chi connectivity index (χ3v) is 3.44. The van der Waals surface area contributed by atoms with E-state index in [-0.39, 0.29) is 30.1 Å². The van der Waals surface area contributed by atoms with Gasteiger partial charge in [0, 0.05) is 33.3 Å². The zero-order chi connectivity index (χ0) is 12.1. The zero-order valence-corrected chi connectivity index (χ0v) is 13.6. The van der Waals surface area contributed by atoms with E-state index in [4.69, 9.17) is 9.47 Å². The van der Waals surface area contributed by atoms with E-state index in [2.05, 4.69) is 15.2 Å². The van der Waals surface area contributed by atoms with Crippen molar-refractivity contribution in [3.05, 3.63) is 0 Å². The van der Waals surface area contributed by atoms with Gasteiger partial charge in [-0.2, -0.15) is 0 Å². The lowest BCUT2D eigenvalue weighted by Crippen LogP contribution is -2.54. The smallest absolute Gasteiger partial charge is 0.194 e. The summed E-state index contributed by atoms with van der Waals surface area (Å²) >= 11 is 0. The molecule has 5 nitrogen and oxygen atoms in total. The summed E-state index contributed by atoms with van der Waals surface area (Å²) in [6.45, 7) is 3.17. The third-order valence-electron chi connectivity index (χ3n) is 3.44. The van der Waals surface area contributed by atoms with E-state index in [1.807, 2.05) is 7.05 Å². The SMILES string of the molecule is CN=C(NC1CCC1)N1CCOC(COC)C1.I. The van der Waals surface area contributed by atoms with Crippen LogP contribution in [-0.4, -0.2) is 63.5 Å². The van der Waals surface area contributed by atoms with Crippen molar-refractivity contribution in [3.63, 3.8) is 0 Å². The molecular formula is C12H24IN3O2. The molecule has 1 saturated carbocycles. The molecule has 0 bridgehead atoms. The maximum absolute atomic E-state index is 5.64. The van der Waals surface area contributed by atoms with Crippen LogP contribution in [0.1, 0.15) is 19.3 Å². The molecule has 2 aliphatic rings. The molecule has 18 heavy (non-hydrogen) atoms. The van der Waals surface area contributed by atoms with Gasteiger partial charge in [-0.05, 0) is 19.3 Å². The van der Waals surface area contributed by atoms with Gasteiger partial charge < -0.3 is 19.7 Å². The lowest BCUT2D eigenvalue weighted by molar-refractivity contribution is -0.0449. The third kappa shape index (κ3) is 4.24. The molecule has 0 radical (unpaired) electrons. The van der Waals surface area contributed by atoms with Crippen LogP contribution in [0.25, 0.3) is 0 Å². The van der Waals surface area contributed by atoms with Crippen LogP contribution in [0.15, 0.2) is 4.99 Å². The van der Waals surface area contributed by atoms with Gasteiger partial charge in [-0.1, -0.05) is 0 Å². The molecule has 2 fully saturated rings. The fourth-order valence-corrected chi connectivity index (χ4v) is 2.23. The molecule has 106 valence electrons.